The molecule has 1 aliphatic carbocycles. The lowest BCUT2D eigenvalue weighted by Crippen LogP contribution is -2.34. The van der Waals surface area contributed by atoms with E-state index in [9.17, 15) is 9.18 Å². The summed E-state index contributed by atoms with van der Waals surface area (Å²) in [5.74, 6) is -0.00123. The molecule has 1 amide bonds. The smallest absolute Gasteiger partial charge is 0.274 e. The van der Waals surface area contributed by atoms with Gasteiger partial charge in [-0.1, -0.05) is 23.7 Å². The molecule has 1 heterocycles. The van der Waals surface area contributed by atoms with E-state index < -0.39 is 0 Å². The number of anilines is 1. The normalized spacial score (nSPS) is 13.5. The van der Waals surface area contributed by atoms with Crippen LogP contribution in [-0.4, -0.2) is 39.9 Å². The minimum absolute atomic E-state index is 0.176. The standard InChI is InChI=1S/C19H22ClFN4O/c1-3-24(4-2)19-22-11-16(20)17(23-19)18(26)25(15-9-10-15)12-13-5-7-14(21)8-6-13/h5-8,11,15H,3-4,9-10,12H2,1-2H3. The zero-order chi connectivity index (χ0) is 18.7. The Kier molecular flexibility index (Phi) is 5.71. The minimum atomic E-state index is -0.291. The fraction of sp³-hybridized carbons (Fsp3) is 0.421. The van der Waals surface area contributed by atoms with E-state index in [1.807, 2.05) is 18.7 Å². The molecule has 0 atom stereocenters. The topological polar surface area (TPSA) is 49.3 Å². The van der Waals surface area contributed by atoms with Gasteiger partial charge >= 0.3 is 0 Å². The Balaban J connectivity index is 1.87. The van der Waals surface area contributed by atoms with Gasteiger partial charge in [0.05, 0.1) is 11.2 Å². The van der Waals surface area contributed by atoms with Gasteiger partial charge in [-0.15, -0.1) is 0 Å². The molecule has 0 saturated heterocycles. The Morgan fingerprint density at radius 2 is 1.88 bits per heavy atom. The SMILES string of the molecule is CCN(CC)c1ncc(Cl)c(C(=O)N(Cc2ccc(F)cc2)C2CC2)n1. The van der Waals surface area contributed by atoms with Crippen LogP contribution in [0.2, 0.25) is 5.02 Å². The number of halogens is 2. The molecular formula is C19H22ClFN4O. The van der Waals surface area contributed by atoms with Crippen molar-refractivity contribution in [2.45, 2.75) is 39.3 Å². The van der Waals surface area contributed by atoms with Gasteiger partial charge in [0.2, 0.25) is 5.95 Å². The summed E-state index contributed by atoms with van der Waals surface area (Å²) >= 11 is 6.23. The molecule has 1 aliphatic rings. The molecule has 0 N–H and O–H groups in total. The number of nitrogens with zero attached hydrogens (tertiary/aromatic N) is 4. The first-order valence-electron chi connectivity index (χ1n) is 8.86. The highest BCUT2D eigenvalue weighted by Gasteiger charge is 2.34. The largest absolute Gasteiger partial charge is 0.341 e. The number of amides is 1. The zero-order valence-electron chi connectivity index (χ0n) is 15.0. The van der Waals surface area contributed by atoms with Crippen molar-refractivity contribution in [3.8, 4) is 0 Å². The second kappa shape index (κ2) is 7.99. The van der Waals surface area contributed by atoms with Crippen molar-refractivity contribution in [2.75, 3.05) is 18.0 Å². The first-order valence-corrected chi connectivity index (χ1v) is 9.24. The van der Waals surface area contributed by atoms with Gasteiger partial charge in [0.25, 0.3) is 5.91 Å². The van der Waals surface area contributed by atoms with Crippen LogP contribution in [0.25, 0.3) is 0 Å². The summed E-state index contributed by atoms with van der Waals surface area (Å²) in [5, 5.41) is 0.246. The van der Waals surface area contributed by atoms with Crippen LogP contribution in [0.3, 0.4) is 0 Å². The number of aromatic nitrogens is 2. The minimum Gasteiger partial charge on any atom is -0.341 e. The van der Waals surface area contributed by atoms with Crippen LogP contribution < -0.4 is 4.90 Å². The first kappa shape index (κ1) is 18.6. The summed E-state index contributed by atoms with van der Waals surface area (Å²) in [4.78, 5) is 25.5. The summed E-state index contributed by atoms with van der Waals surface area (Å²) < 4.78 is 13.1. The van der Waals surface area contributed by atoms with Gasteiger partial charge in [-0.2, -0.15) is 0 Å². The predicted molar refractivity (Wildman–Crippen MR) is 99.9 cm³/mol. The Hall–Kier alpha value is -2.21. The van der Waals surface area contributed by atoms with Crippen molar-refractivity contribution in [1.82, 2.24) is 14.9 Å². The number of carbonyl (C=O) groups is 1. The summed E-state index contributed by atoms with van der Waals surface area (Å²) in [6.07, 6.45) is 3.40. The quantitative estimate of drug-likeness (QED) is 0.734. The van der Waals surface area contributed by atoms with Crippen molar-refractivity contribution < 1.29 is 9.18 Å². The van der Waals surface area contributed by atoms with Crippen LogP contribution in [0.1, 0.15) is 42.7 Å². The van der Waals surface area contributed by atoms with Crippen LogP contribution >= 0.6 is 11.6 Å². The fourth-order valence-corrected chi connectivity index (χ4v) is 3.01. The van der Waals surface area contributed by atoms with Crippen molar-refractivity contribution in [2.24, 2.45) is 0 Å². The van der Waals surface area contributed by atoms with Crippen LogP contribution in [-0.2, 0) is 6.54 Å². The summed E-state index contributed by atoms with van der Waals surface area (Å²) in [5.41, 5.74) is 1.10. The molecule has 1 saturated carbocycles. The summed E-state index contributed by atoms with van der Waals surface area (Å²) in [6, 6.07) is 6.37. The van der Waals surface area contributed by atoms with Crippen molar-refractivity contribution in [1.29, 1.82) is 0 Å². The third kappa shape index (κ3) is 4.12. The highest BCUT2D eigenvalue weighted by molar-refractivity contribution is 6.33. The third-order valence-electron chi connectivity index (χ3n) is 4.49. The molecule has 0 unspecified atom stereocenters. The maximum atomic E-state index is 13.1. The van der Waals surface area contributed by atoms with Gasteiger partial charge in [-0.05, 0) is 44.4 Å². The molecular weight excluding hydrogens is 355 g/mol. The Morgan fingerprint density at radius 3 is 2.46 bits per heavy atom. The average molecular weight is 377 g/mol. The lowest BCUT2D eigenvalue weighted by Gasteiger charge is -2.24. The highest BCUT2D eigenvalue weighted by Crippen LogP contribution is 2.31. The van der Waals surface area contributed by atoms with Crippen molar-refractivity contribution in [3.63, 3.8) is 0 Å². The first-order chi connectivity index (χ1) is 12.5. The molecule has 26 heavy (non-hydrogen) atoms. The molecule has 0 spiro atoms. The van der Waals surface area contributed by atoms with E-state index in [1.165, 1.54) is 18.3 Å². The average Bonchev–Trinajstić information content (AvgIpc) is 3.48. The number of rotatable bonds is 7. The van der Waals surface area contributed by atoms with Crippen LogP contribution in [0, 0.1) is 5.82 Å². The molecule has 5 nitrogen and oxygen atoms in total. The van der Waals surface area contributed by atoms with Gasteiger partial charge < -0.3 is 9.80 Å². The van der Waals surface area contributed by atoms with Crippen LogP contribution in [0.4, 0.5) is 10.3 Å². The predicted octanol–water partition coefficient (Wildman–Crippen LogP) is 3.92. The molecule has 138 valence electrons. The Morgan fingerprint density at radius 1 is 1.23 bits per heavy atom. The van der Waals surface area contributed by atoms with E-state index in [-0.39, 0.29) is 28.5 Å². The van der Waals surface area contributed by atoms with Crippen LogP contribution in [0.5, 0.6) is 0 Å². The van der Waals surface area contributed by atoms with E-state index in [0.29, 0.717) is 12.5 Å². The van der Waals surface area contributed by atoms with E-state index in [2.05, 4.69) is 9.97 Å². The number of hydrogen-bond donors (Lipinski definition) is 0. The molecule has 3 rings (SSSR count). The highest BCUT2D eigenvalue weighted by atomic mass is 35.5. The molecule has 0 aliphatic heterocycles. The molecule has 0 bridgehead atoms. The van der Waals surface area contributed by atoms with Crippen molar-refractivity contribution >= 4 is 23.5 Å². The molecule has 0 radical (unpaired) electrons. The third-order valence-corrected chi connectivity index (χ3v) is 4.77. The Labute approximate surface area is 157 Å². The fourth-order valence-electron chi connectivity index (χ4n) is 2.84. The molecule has 7 heteroatoms. The number of carbonyl (C=O) groups excluding carboxylic acids is 1. The number of benzene rings is 1. The summed E-state index contributed by atoms with van der Waals surface area (Å²) in [7, 11) is 0. The van der Waals surface area contributed by atoms with Gasteiger partial charge in [0.1, 0.15) is 5.82 Å². The lowest BCUT2D eigenvalue weighted by atomic mass is 10.2. The second-order valence-corrected chi connectivity index (χ2v) is 6.74. The maximum Gasteiger partial charge on any atom is 0.274 e. The van der Waals surface area contributed by atoms with E-state index >= 15 is 0 Å². The van der Waals surface area contributed by atoms with Crippen LogP contribution in [0.15, 0.2) is 30.5 Å². The summed E-state index contributed by atoms with van der Waals surface area (Å²) in [6.45, 7) is 5.91. The zero-order valence-corrected chi connectivity index (χ0v) is 15.7. The lowest BCUT2D eigenvalue weighted by molar-refractivity contribution is 0.0724. The van der Waals surface area contributed by atoms with Crippen molar-refractivity contribution in [3.05, 3.63) is 52.6 Å². The number of hydrogen-bond acceptors (Lipinski definition) is 4. The van der Waals surface area contributed by atoms with E-state index in [4.69, 9.17) is 11.6 Å². The van der Waals surface area contributed by atoms with Gasteiger partial charge in [-0.3, -0.25) is 4.79 Å². The van der Waals surface area contributed by atoms with Gasteiger partial charge in [-0.25, -0.2) is 14.4 Å². The second-order valence-electron chi connectivity index (χ2n) is 6.33. The van der Waals surface area contributed by atoms with Gasteiger partial charge in [0, 0.05) is 25.7 Å². The van der Waals surface area contributed by atoms with E-state index in [0.717, 1.165) is 31.5 Å². The maximum absolute atomic E-state index is 13.1. The molecule has 1 aromatic heterocycles. The molecule has 1 fully saturated rings. The van der Waals surface area contributed by atoms with E-state index in [1.54, 1.807) is 17.0 Å². The molecule has 1 aromatic carbocycles. The monoisotopic (exact) mass is 376 g/mol. The molecule has 2 aromatic rings. The van der Waals surface area contributed by atoms with Gasteiger partial charge in [0.15, 0.2) is 5.69 Å². The Bertz CT molecular complexity index is 776.